The molecule has 0 aliphatic heterocycles. The van der Waals surface area contributed by atoms with E-state index in [4.69, 9.17) is 5.11 Å². The monoisotopic (exact) mass is 263 g/mol. The van der Waals surface area contributed by atoms with E-state index in [1.807, 2.05) is 0 Å². The molecule has 100 valence electrons. The average Bonchev–Trinajstić information content (AvgIpc) is 2.90. The number of aliphatic hydroxyl groups is 1. The first-order valence-corrected chi connectivity index (χ1v) is 5.58. The van der Waals surface area contributed by atoms with Crippen LogP contribution in [-0.2, 0) is 9.53 Å². The van der Waals surface area contributed by atoms with Crippen LogP contribution in [0.4, 0.5) is 0 Å². The minimum atomic E-state index is -1.07. The summed E-state index contributed by atoms with van der Waals surface area (Å²) < 4.78 is 4.47. The zero-order valence-corrected chi connectivity index (χ0v) is 10.2. The summed E-state index contributed by atoms with van der Waals surface area (Å²) in [4.78, 5) is 23.2. The van der Waals surface area contributed by atoms with Crippen molar-refractivity contribution in [2.24, 2.45) is 0 Å². The number of fused-ring (bicyclic) bond motifs is 1. The normalized spacial score (nSPS) is 12.1. The third kappa shape index (κ3) is 2.71. The fourth-order valence-electron chi connectivity index (χ4n) is 1.65. The second kappa shape index (κ2) is 5.49. The Kier molecular flexibility index (Phi) is 3.76. The molecule has 0 aliphatic rings. The molecule has 3 N–H and O–H groups in total. The molecule has 0 saturated carbocycles. The number of hydrogen-bond donors (Lipinski definition) is 3. The largest absolute Gasteiger partial charge is 0.467 e. The van der Waals surface area contributed by atoms with Crippen molar-refractivity contribution in [2.75, 3.05) is 13.7 Å². The first-order chi connectivity index (χ1) is 9.15. The van der Waals surface area contributed by atoms with Gasteiger partial charge in [0.15, 0.2) is 6.04 Å². The number of aromatic nitrogens is 2. The average molecular weight is 263 g/mol. The number of ether oxygens (including phenoxy) is 1. The van der Waals surface area contributed by atoms with E-state index in [2.05, 4.69) is 20.3 Å². The van der Waals surface area contributed by atoms with Crippen LogP contribution in [0.2, 0.25) is 0 Å². The van der Waals surface area contributed by atoms with Crippen LogP contribution in [0.5, 0.6) is 0 Å². The van der Waals surface area contributed by atoms with Gasteiger partial charge in [-0.1, -0.05) is 0 Å². The van der Waals surface area contributed by atoms with E-state index >= 15 is 0 Å². The van der Waals surface area contributed by atoms with Gasteiger partial charge >= 0.3 is 5.97 Å². The summed E-state index contributed by atoms with van der Waals surface area (Å²) in [7, 11) is 1.19. The van der Waals surface area contributed by atoms with Crippen molar-refractivity contribution in [3.63, 3.8) is 0 Å². The Morgan fingerprint density at radius 2 is 2.32 bits per heavy atom. The summed E-state index contributed by atoms with van der Waals surface area (Å²) in [5.41, 5.74) is 1.18. The molecule has 1 aromatic heterocycles. The van der Waals surface area contributed by atoms with Crippen LogP contribution in [0.15, 0.2) is 24.4 Å². The predicted octanol–water partition coefficient (Wildman–Crippen LogP) is -0.173. The first kappa shape index (κ1) is 13.0. The molecule has 1 aromatic carbocycles. The Morgan fingerprint density at radius 3 is 3.00 bits per heavy atom. The van der Waals surface area contributed by atoms with Gasteiger partial charge in [0.25, 0.3) is 5.91 Å². The molecule has 1 amide bonds. The number of esters is 1. The first-order valence-electron chi connectivity index (χ1n) is 5.58. The number of rotatable bonds is 4. The number of benzene rings is 1. The molecule has 1 atom stereocenters. The van der Waals surface area contributed by atoms with Gasteiger partial charge in [-0.15, -0.1) is 0 Å². The highest BCUT2D eigenvalue weighted by atomic mass is 16.5. The molecule has 2 rings (SSSR count). The van der Waals surface area contributed by atoms with Crippen LogP contribution in [0.25, 0.3) is 10.9 Å². The van der Waals surface area contributed by atoms with Gasteiger partial charge in [-0.25, -0.2) is 4.79 Å². The van der Waals surface area contributed by atoms with Crippen molar-refractivity contribution < 1.29 is 19.4 Å². The fourth-order valence-corrected chi connectivity index (χ4v) is 1.65. The van der Waals surface area contributed by atoms with Crippen molar-refractivity contribution in [1.29, 1.82) is 0 Å². The van der Waals surface area contributed by atoms with Crippen LogP contribution in [0, 0.1) is 0 Å². The van der Waals surface area contributed by atoms with Crippen LogP contribution in [0.3, 0.4) is 0 Å². The zero-order chi connectivity index (χ0) is 13.8. The van der Waals surface area contributed by atoms with E-state index in [0.29, 0.717) is 5.56 Å². The maximum atomic E-state index is 11.9. The maximum absolute atomic E-state index is 11.9. The van der Waals surface area contributed by atoms with Crippen LogP contribution in [-0.4, -0.2) is 46.9 Å². The SMILES string of the molecule is COC(=O)C(CO)NC(=O)c1ccc2[nH]ncc2c1. The lowest BCUT2D eigenvalue weighted by Crippen LogP contribution is -2.44. The predicted molar refractivity (Wildman–Crippen MR) is 66.4 cm³/mol. The van der Waals surface area contributed by atoms with Gasteiger partial charge < -0.3 is 15.2 Å². The number of carbonyl (C=O) groups excluding carboxylic acids is 2. The molecule has 0 spiro atoms. The van der Waals surface area contributed by atoms with E-state index in [1.54, 1.807) is 24.4 Å². The number of nitrogens with one attached hydrogen (secondary N) is 2. The quantitative estimate of drug-likeness (QED) is 0.664. The second-order valence-corrected chi connectivity index (χ2v) is 3.90. The Balaban J connectivity index is 2.16. The smallest absolute Gasteiger partial charge is 0.330 e. The molecule has 7 heteroatoms. The summed E-state index contributed by atoms with van der Waals surface area (Å²) >= 11 is 0. The highest BCUT2D eigenvalue weighted by Gasteiger charge is 2.21. The van der Waals surface area contributed by atoms with Gasteiger partial charge in [0, 0.05) is 10.9 Å². The maximum Gasteiger partial charge on any atom is 0.330 e. The number of hydrogen-bond acceptors (Lipinski definition) is 5. The summed E-state index contributed by atoms with van der Waals surface area (Å²) in [6.45, 7) is -0.521. The summed E-state index contributed by atoms with van der Waals surface area (Å²) in [6.07, 6.45) is 1.59. The Bertz CT molecular complexity index is 608. The molecule has 19 heavy (non-hydrogen) atoms. The van der Waals surface area contributed by atoms with Crippen LogP contribution in [0.1, 0.15) is 10.4 Å². The number of amides is 1. The van der Waals surface area contributed by atoms with Crippen molar-refractivity contribution in [3.8, 4) is 0 Å². The minimum absolute atomic E-state index is 0.372. The molecule has 0 saturated heterocycles. The topological polar surface area (TPSA) is 104 Å². The van der Waals surface area contributed by atoms with Gasteiger partial charge in [0.1, 0.15) is 0 Å². The van der Waals surface area contributed by atoms with Crippen molar-refractivity contribution in [3.05, 3.63) is 30.0 Å². The highest BCUT2D eigenvalue weighted by molar-refractivity contribution is 5.99. The van der Waals surface area contributed by atoms with E-state index in [0.717, 1.165) is 10.9 Å². The molecule has 7 nitrogen and oxygen atoms in total. The number of aromatic amines is 1. The third-order valence-electron chi connectivity index (χ3n) is 2.68. The molecular formula is C12H13N3O4. The van der Waals surface area contributed by atoms with E-state index < -0.39 is 24.5 Å². The molecule has 0 bridgehead atoms. The fraction of sp³-hybridized carbons (Fsp3) is 0.250. The Labute approximate surface area is 108 Å². The number of H-pyrrole nitrogens is 1. The van der Waals surface area contributed by atoms with Crippen LogP contribution < -0.4 is 5.32 Å². The summed E-state index contributed by atoms with van der Waals surface area (Å²) in [6, 6.07) is 3.88. The molecule has 0 fully saturated rings. The van der Waals surface area contributed by atoms with Gasteiger partial charge in [-0.3, -0.25) is 9.89 Å². The van der Waals surface area contributed by atoms with Gasteiger partial charge in [0.2, 0.25) is 0 Å². The zero-order valence-electron chi connectivity index (χ0n) is 10.2. The molecule has 0 aliphatic carbocycles. The Hall–Kier alpha value is -2.41. The van der Waals surface area contributed by atoms with Crippen LogP contribution >= 0.6 is 0 Å². The Morgan fingerprint density at radius 1 is 1.53 bits per heavy atom. The van der Waals surface area contributed by atoms with Crippen molar-refractivity contribution in [1.82, 2.24) is 15.5 Å². The molecule has 1 heterocycles. The lowest BCUT2D eigenvalue weighted by molar-refractivity contribution is -0.143. The number of carbonyl (C=O) groups is 2. The van der Waals surface area contributed by atoms with Crippen molar-refractivity contribution in [2.45, 2.75) is 6.04 Å². The summed E-state index contributed by atoms with van der Waals surface area (Å²) in [5, 5.41) is 18.8. The highest BCUT2D eigenvalue weighted by Crippen LogP contribution is 2.12. The number of aliphatic hydroxyl groups excluding tert-OH is 1. The number of nitrogens with zero attached hydrogens (tertiary/aromatic N) is 1. The number of methoxy groups -OCH3 is 1. The van der Waals surface area contributed by atoms with E-state index in [9.17, 15) is 9.59 Å². The van der Waals surface area contributed by atoms with E-state index in [-0.39, 0.29) is 0 Å². The van der Waals surface area contributed by atoms with E-state index in [1.165, 1.54) is 7.11 Å². The minimum Gasteiger partial charge on any atom is -0.467 e. The van der Waals surface area contributed by atoms with Crippen molar-refractivity contribution >= 4 is 22.8 Å². The van der Waals surface area contributed by atoms with Gasteiger partial charge in [-0.05, 0) is 18.2 Å². The van der Waals surface area contributed by atoms with Gasteiger partial charge in [0.05, 0.1) is 25.4 Å². The van der Waals surface area contributed by atoms with Gasteiger partial charge in [-0.2, -0.15) is 5.10 Å². The molecule has 0 radical (unpaired) electrons. The summed E-state index contributed by atoms with van der Waals surface area (Å²) in [5.74, 6) is -1.16. The third-order valence-corrected chi connectivity index (χ3v) is 2.68. The second-order valence-electron chi connectivity index (χ2n) is 3.90. The lowest BCUT2D eigenvalue weighted by Gasteiger charge is -2.13. The molecule has 2 aromatic rings. The molecular weight excluding hydrogens is 250 g/mol. The lowest BCUT2D eigenvalue weighted by atomic mass is 10.1. The standard InChI is InChI=1S/C12H13N3O4/c1-19-12(18)10(6-16)14-11(17)7-2-3-9-8(4-7)5-13-15-9/h2-5,10,16H,6H2,1H3,(H,13,15)(H,14,17). The molecule has 1 unspecified atom stereocenters.